The van der Waals surface area contributed by atoms with Gasteiger partial charge in [0.2, 0.25) is 0 Å². The van der Waals surface area contributed by atoms with Gasteiger partial charge in [-0.3, -0.25) is 0 Å². The van der Waals surface area contributed by atoms with Gasteiger partial charge in [-0.15, -0.1) is 0 Å². The molecule has 1 rings (SSSR count). The van der Waals surface area contributed by atoms with Gasteiger partial charge >= 0.3 is 0 Å². The first-order valence-corrected chi connectivity index (χ1v) is 4.25. The van der Waals surface area contributed by atoms with Crippen LogP contribution in [-0.2, 0) is 0 Å². The number of anilines is 1. The van der Waals surface area contributed by atoms with E-state index in [2.05, 4.69) is 4.98 Å². The van der Waals surface area contributed by atoms with E-state index in [1.54, 1.807) is 13.0 Å². The summed E-state index contributed by atoms with van der Waals surface area (Å²) in [7, 11) is 0. The molecule has 0 saturated carbocycles. The molecule has 5 heteroatoms. The summed E-state index contributed by atoms with van der Waals surface area (Å²) in [5.41, 5.74) is 6.66. The van der Waals surface area contributed by atoms with Crippen LogP contribution in [0.15, 0.2) is 12.3 Å². The van der Waals surface area contributed by atoms with E-state index in [9.17, 15) is 10.2 Å². The van der Waals surface area contributed by atoms with E-state index in [0.29, 0.717) is 11.4 Å². The molecule has 0 amide bonds. The first kappa shape index (κ1) is 10.9. The lowest BCUT2D eigenvalue weighted by Crippen LogP contribution is -2.22. The van der Waals surface area contributed by atoms with E-state index in [-0.39, 0.29) is 0 Å². The standard InChI is InChI=1S/C9H14N2O3/c1-5-2-6(3-11-9(5)10)8(14)7(13)4-12/h2-3,7-8,12-14H,4H2,1H3,(H2,10,11). The lowest BCUT2D eigenvalue weighted by molar-refractivity contribution is -0.0154. The third-order valence-corrected chi connectivity index (χ3v) is 2.03. The van der Waals surface area contributed by atoms with E-state index in [1.165, 1.54) is 6.20 Å². The highest BCUT2D eigenvalue weighted by atomic mass is 16.4. The number of pyridine rings is 1. The van der Waals surface area contributed by atoms with Crippen molar-refractivity contribution in [3.8, 4) is 0 Å². The summed E-state index contributed by atoms with van der Waals surface area (Å²) in [6.07, 6.45) is -0.946. The molecular formula is C9H14N2O3. The van der Waals surface area contributed by atoms with Crippen LogP contribution >= 0.6 is 0 Å². The van der Waals surface area contributed by atoms with Crippen LogP contribution in [0.4, 0.5) is 5.82 Å². The van der Waals surface area contributed by atoms with Gasteiger partial charge in [0.05, 0.1) is 6.61 Å². The van der Waals surface area contributed by atoms with Crippen LogP contribution in [0.3, 0.4) is 0 Å². The molecule has 0 fully saturated rings. The van der Waals surface area contributed by atoms with Crippen molar-refractivity contribution in [2.24, 2.45) is 0 Å². The fourth-order valence-electron chi connectivity index (χ4n) is 1.09. The minimum Gasteiger partial charge on any atom is -0.394 e. The number of hydrogen-bond donors (Lipinski definition) is 4. The average Bonchev–Trinajstić information content (AvgIpc) is 2.20. The maximum atomic E-state index is 9.51. The number of aromatic nitrogens is 1. The molecule has 0 aliphatic heterocycles. The lowest BCUT2D eigenvalue weighted by Gasteiger charge is -2.16. The number of aliphatic hydroxyl groups excluding tert-OH is 3. The Bertz CT molecular complexity index is 317. The second kappa shape index (κ2) is 4.36. The Kier molecular flexibility index (Phi) is 3.40. The normalized spacial score (nSPS) is 15.1. The van der Waals surface area contributed by atoms with Gasteiger partial charge in [-0.25, -0.2) is 4.98 Å². The highest BCUT2D eigenvalue weighted by Crippen LogP contribution is 2.18. The fourth-order valence-corrected chi connectivity index (χ4v) is 1.09. The van der Waals surface area contributed by atoms with Crippen molar-refractivity contribution in [1.29, 1.82) is 0 Å². The van der Waals surface area contributed by atoms with Gasteiger partial charge in [-0.2, -0.15) is 0 Å². The van der Waals surface area contributed by atoms with Crippen LogP contribution in [0.2, 0.25) is 0 Å². The number of nitrogen functional groups attached to an aromatic ring is 1. The highest BCUT2D eigenvalue weighted by Gasteiger charge is 2.17. The summed E-state index contributed by atoms with van der Waals surface area (Å²) in [6, 6.07) is 1.63. The van der Waals surface area contributed by atoms with E-state index >= 15 is 0 Å². The third-order valence-electron chi connectivity index (χ3n) is 2.03. The van der Waals surface area contributed by atoms with Crippen molar-refractivity contribution >= 4 is 5.82 Å². The Balaban J connectivity index is 2.91. The molecule has 1 aromatic rings. The SMILES string of the molecule is Cc1cc(C(O)C(O)CO)cnc1N. The van der Waals surface area contributed by atoms with E-state index in [1.807, 2.05) is 0 Å². The van der Waals surface area contributed by atoms with Gasteiger partial charge in [-0.1, -0.05) is 0 Å². The predicted molar refractivity (Wildman–Crippen MR) is 51.4 cm³/mol. The van der Waals surface area contributed by atoms with E-state index in [4.69, 9.17) is 10.8 Å². The number of nitrogens with two attached hydrogens (primary N) is 1. The quantitative estimate of drug-likeness (QED) is 0.517. The number of aryl methyl sites for hydroxylation is 1. The van der Waals surface area contributed by atoms with Gasteiger partial charge in [-0.05, 0) is 18.6 Å². The van der Waals surface area contributed by atoms with Crippen molar-refractivity contribution in [3.63, 3.8) is 0 Å². The fraction of sp³-hybridized carbons (Fsp3) is 0.444. The van der Waals surface area contributed by atoms with Crippen molar-refractivity contribution in [2.75, 3.05) is 12.3 Å². The molecule has 14 heavy (non-hydrogen) atoms. The van der Waals surface area contributed by atoms with Crippen LogP contribution in [0, 0.1) is 6.92 Å². The lowest BCUT2D eigenvalue weighted by atomic mass is 10.1. The zero-order valence-electron chi connectivity index (χ0n) is 7.88. The van der Waals surface area contributed by atoms with Crippen LogP contribution in [0.25, 0.3) is 0 Å². The van der Waals surface area contributed by atoms with Crippen LogP contribution < -0.4 is 5.73 Å². The first-order valence-electron chi connectivity index (χ1n) is 4.25. The molecule has 0 aliphatic rings. The Morgan fingerprint density at radius 2 is 2.14 bits per heavy atom. The average molecular weight is 198 g/mol. The first-order chi connectivity index (χ1) is 6.56. The van der Waals surface area contributed by atoms with Crippen molar-refractivity contribution in [2.45, 2.75) is 19.1 Å². The second-order valence-corrected chi connectivity index (χ2v) is 3.17. The summed E-state index contributed by atoms with van der Waals surface area (Å²) in [5, 5.41) is 27.3. The molecule has 0 saturated heterocycles. The number of nitrogens with zero attached hydrogens (tertiary/aromatic N) is 1. The molecule has 0 aliphatic carbocycles. The third kappa shape index (κ3) is 2.20. The summed E-state index contributed by atoms with van der Waals surface area (Å²) in [6.45, 7) is 1.26. The Labute approximate surface area is 81.8 Å². The van der Waals surface area contributed by atoms with Crippen molar-refractivity contribution in [1.82, 2.24) is 4.98 Å². The molecular weight excluding hydrogens is 184 g/mol. The van der Waals surface area contributed by atoms with Gasteiger partial charge in [0, 0.05) is 11.8 Å². The molecule has 0 aromatic carbocycles. The van der Waals surface area contributed by atoms with Gasteiger partial charge < -0.3 is 21.1 Å². The molecule has 0 bridgehead atoms. The van der Waals surface area contributed by atoms with Gasteiger partial charge in [0.15, 0.2) is 0 Å². The topological polar surface area (TPSA) is 99.6 Å². The summed E-state index contributed by atoms with van der Waals surface area (Å²) < 4.78 is 0. The van der Waals surface area contributed by atoms with Crippen LogP contribution in [0.1, 0.15) is 17.2 Å². The smallest absolute Gasteiger partial charge is 0.126 e. The van der Waals surface area contributed by atoms with Crippen LogP contribution in [-0.4, -0.2) is 33.0 Å². The molecule has 0 radical (unpaired) electrons. The molecule has 2 atom stereocenters. The second-order valence-electron chi connectivity index (χ2n) is 3.17. The highest BCUT2D eigenvalue weighted by molar-refractivity contribution is 5.40. The van der Waals surface area contributed by atoms with Crippen molar-refractivity contribution in [3.05, 3.63) is 23.4 Å². The molecule has 5 N–H and O–H groups in total. The maximum Gasteiger partial charge on any atom is 0.126 e. The monoisotopic (exact) mass is 198 g/mol. The minimum atomic E-state index is -1.19. The Hall–Kier alpha value is -1.17. The summed E-state index contributed by atoms with van der Waals surface area (Å²) >= 11 is 0. The maximum absolute atomic E-state index is 9.51. The molecule has 1 aromatic heterocycles. The summed E-state index contributed by atoms with van der Waals surface area (Å²) in [4.78, 5) is 3.84. The number of rotatable bonds is 3. The largest absolute Gasteiger partial charge is 0.394 e. The Morgan fingerprint density at radius 3 is 2.64 bits per heavy atom. The molecule has 78 valence electrons. The van der Waals surface area contributed by atoms with Crippen molar-refractivity contribution < 1.29 is 15.3 Å². The molecule has 0 spiro atoms. The molecule has 5 nitrogen and oxygen atoms in total. The zero-order chi connectivity index (χ0) is 10.7. The number of hydrogen-bond acceptors (Lipinski definition) is 5. The molecule has 2 unspecified atom stereocenters. The summed E-state index contributed by atoms with van der Waals surface area (Å²) in [5.74, 6) is 0.388. The van der Waals surface area contributed by atoms with Crippen LogP contribution in [0.5, 0.6) is 0 Å². The Morgan fingerprint density at radius 1 is 1.50 bits per heavy atom. The number of aliphatic hydroxyl groups is 3. The van der Waals surface area contributed by atoms with E-state index in [0.717, 1.165) is 5.56 Å². The molecule has 1 heterocycles. The van der Waals surface area contributed by atoms with Gasteiger partial charge in [0.1, 0.15) is 18.0 Å². The zero-order valence-corrected chi connectivity index (χ0v) is 7.88. The minimum absolute atomic E-state index is 0.388. The predicted octanol–water partition coefficient (Wildman–Crippen LogP) is -0.641. The van der Waals surface area contributed by atoms with E-state index < -0.39 is 18.8 Å². The van der Waals surface area contributed by atoms with Gasteiger partial charge in [0.25, 0.3) is 0 Å².